The molecule has 0 aliphatic heterocycles. The standard InChI is InChI=1S/C20H25N5O3/c1-11-7-15(18-23-24-19(28-18)21-10-16(27)25(5)6)22-17-13(11)8-12(26)9-14(17)20(2,3)4/h7-9,26H,10H2,1-6H3,(H,21,24). The number of nitrogens with one attached hydrogen (secondary N) is 1. The van der Waals surface area contributed by atoms with Crippen molar-refractivity contribution >= 4 is 22.8 Å². The van der Waals surface area contributed by atoms with Crippen LogP contribution in [0, 0.1) is 6.92 Å². The average molecular weight is 383 g/mol. The van der Waals surface area contributed by atoms with E-state index in [2.05, 4.69) is 36.3 Å². The third-order valence-electron chi connectivity index (χ3n) is 4.45. The minimum Gasteiger partial charge on any atom is -0.508 e. The van der Waals surface area contributed by atoms with Crippen molar-refractivity contribution in [2.24, 2.45) is 0 Å². The molecular weight excluding hydrogens is 358 g/mol. The van der Waals surface area contributed by atoms with Crippen LogP contribution < -0.4 is 5.32 Å². The van der Waals surface area contributed by atoms with Gasteiger partial charge in [-0.05, 0) is 41.7 Å². The number of phenolic OH excluding ortho intramolecular Hbond substituents is 1. The normalized spacial score (nSPS) is 11.6. The van der Waals surface area contributed by atoms with Crippen LogP contribution in [0.4, 0.5) is 6.01 Å². The van der Waals surface area contributed by atoms with Gasteiger partial charge in [0.1, 0.15) is 11.4 Å². The molecule has 3 aromatic rings. The molecule has 2 aromatic heterocycles. The van der Waals surface area contributed by atoms with E-state index in [1.54, 1.807) is 26.2 Å². The van der Waals surface area contributed by atoms with Crippen LogP contribution in [0.15, 0.2) is 22.6 Å². The molecule has 0 atom stereocenters. The zero-order chi connectivity index (χ0) is 20.6. The molecule has 0 saturated heterocycles. The molecule has 0 aliphatic rings. The molecule has 2 heterocycles. The average Bonchev–Trinajstić information content (AvgIpc) is 3.07. The van der Waals surface area contributed by atoms with E-state index in [9.17, 15) is 9.90 Å². The molecule has 8 heteroatoms. The smallest absolute Gasteiger partial charge is 0.316 e. The lowest BCUT2D eigenvalue weighted by molar-refractivity contribution is -0.126. The molecule has 0 unspecified atom stereocenters. The van der Waals surface area contributed by atoms with E-state index in [-0.39, 0.29) is 35.5 Å². The lowest BCUT2D eigenvalue weighted by Crippen LogP contribution is -2.28. The number of pyridine rings is 1. The van der Waals surface area contributed by atoms with Crippen LogP contribution >= 0.6 is 0 Å². The molecule has 1 amide bonds. The van der Waals surface area contributed by atoms with E-state index in [1.807, 2.05) is 13.0 Å². The topological polar surface area (TPSA) is 104 Å². The number of likely N-dealkylation sites (N-methyl/N-ethyl adjacent to an activating group) is 1. The summed E-state index contributed by atoms with van der Waals surface area (Å²) in [4.78, 5) is 17.9. The quantitative estimate of drug-likeness (QED) is 0.713. The molecule has 0 aliphatic carbocycles. The molecule has 0 saturated carbocycles. The van der Waals surface area contributed by atoms with E-state index >= 15 is 0 Å². The fraction of sp³-hybridized carbons (Fsp3) is 0.400. The number of nitrogens with zero attached hydrogens (tertiary/aromatic N) is 4. The largest absolute Gasteiger partial charge is 0.508 e. The molecule has 0 spiro atoms. The van der Waals surface area contributed by atoms with Crippen LogP contribution in [0.5, 0.6) is 5.75 Å². The summed E-state index contributed by atoms with van der Waals surface area (Å²) in [6.45, 7) is 8.22. The van der Waals surface area contributed by atoms with Crippen LogP contribution in [0.3, 0.4) is 0 Å². The van der Waals surface area contributed by atoms with Gasteiger partial charge in [0.05, 0.1) is 12.1 Å². The first-order chi connectivity index (χ1) is 13.1. The molecular formula is C20H25N5O3. The first-order valence-electron chi connectivity index (χ1n) is 8.99. The number of aromatic nitrogens is 3. The molecule has 28 heavy (non-hydrogen) atoms. The van der Waals surface area contributed by atoms with Crippen LogP contribution in [0.2, 0.25) is 0 Å². The SMILES string of the molecule is Cc1cc(-c2nnc(NCC(=O)N(C)C)o2)nc2c(C(C)(C)C)cc(O)cc12. The number of aromatic hydroxyl groups is 1. The van der Waals surface area contributed by atoms with Gasteiger partial charge >= 0.3 is 6.01 Å². The third kappa shape index (κ3) is 3.90. The maximum atomic E-state index is 11.7. The van der Waals surface area contributed by atoms with Crippen molar-refractivity contribution in [2.75, 3.05) is 26.0 Å². The van der Waals surface area contributed by atoms with Gasteiger partial charge in [0.25, 0.3) is 5.89 Å². The van der Waals surface area contributed by atoms with Gasteiger partial charge in [0, 0.05) is 19.5 Å². The fourth-order valence-corrected chi connectivity index (χ4v) is 2.86. The maximum absolute atomic E-state index is 11.7. The van der Waals surface area contributed by atoms with Gasteiger partial charge in [-0.3, -0.25) is 4.79 Å². The molecule has 1 aromatic carbocycles. The van der Waals surface area contributed by atoms with Gasteiger partial charge in [-0.15, -0.1) is 5.10 Å². The highest BCUT2D eigenvalue weighted by atomic mass is 16.4. The summed E-state index contributed by atoms with van der Waals surface area (Å²) in [5, 5.41) is 21.8. The third-order valence-corrected chi connectivity index (χ3v) is 4.45. The summed E-state index contributed by atoms with van der Waals surface area (Å²) >= 11 is 0. The molecule has 148 valence electrons. The van der Waals surface area contributed by atoms with Crippen LogP contribution in [0.25, 0.3) is 22.5 Å². The Morgan fingerprint density at radius 2 is 1.93 bits per heavy atom. The van der Waals surface area contributed by atoms with Crippen LogP contribution in [-0.2, 0) is 10.2 Å². The lowest BCUT2D eigenvalue weighted by Gasteiger charge is -2.21. The Hall–Kier alpha value is -3.16. The number of benzene rings is 1. The lowest BCUT2D eigenvalue weighted by atomic mass is 9.84. The van der Waals surface area contributed by atoms with Crippen molar-refractivity contribution in [1.29, 1.82) is 0 Å². The zero-order valence-electron chi connectivity index (χ0n) is 17.0. The van der Waals surface area contributed by atoms with Gasteiger partial charge < -0.3 is 19.7 Å². The fourth-order valence-electron chi connectivity index (χ4n) is 2.86. The molecule has 2 N–H and O–H groups in total. The Morgan fingerprint density at radius 3 is 2.57 bits per heavy atom. The minimum absolute atomic E-state index is 0.0618. The molecule has 0 radical (unpaired) electrons. The Bertz CT molecular complexity index is 1030. The number of amides is 1. The minimum atomic E-state index is -0.205. The van der Waals surface area contributed by atoms with Gasteiger partial charge in [-0.2, -0.15) is 0 Å². The summed E-state index contributed by atoms with van der Waals surface area (Å²) in [7, 11) is 3.35. The van der Waals surface area contributed by atoms with Crippen molar-refractivity contribution in [3.05, 3.63) is 29.3 Å². The van der Waals surface area contributed by atoms with E-state index < -0.39 is 0 Å². The molecule has 8 nitrogen and oxygen atoms in total. The number of fused-ring (bicyclic) bond motifs is 1. The summed E-state index contributed by atoms with van der Waals surface area (Å²) in [6, 6.07) is 5.46. The number of carbonyl (C=O) groups is 1. The van der Waals surface area contributed by atoms with E-state index in [0.717, 1.165) is 22.0 Å². The van der Waals surface area contributed by atoms with Crippen molar-refractivity contribution in [1.82, 2.24) is 20.1 Å². The van der Waals surface area contributed by atoms with Gasteiger partial charge in [0.2, 0.25) is 5.91 Å². The van der Waals surface area contributed by atoms with Gasteiger partial charge in [0.15, 0.2) is 0 Å². The summed E-state index contributed by atoms with van der Waals surface area (Å²) in [5.74, 6) is 0.372. The van der Waals surface area contributed by atoms with E-state index in [4.69, 9.17) is 9.40 Å². The monoisotopic (exact) mass is 383 g/mol. The summed E-state index contributed by atoms with van der Waals surface area (Å²) < 4.78 is 5.64. The maximum Gasteiger partial charge on any atom is 0.316 e. The number of aryl methyl sites for hydroxylation is 1. The Balaban J connectivity index is 2.01. The highest BCUT2D eigenvalue weighted by molar-refractivity contribution is 5.89. The van der Waals surface area contributed by atoms with Crippen molar-refractivity contribution in [3.63, 3.8) is 0 Å². The Labute approximate surface area is 163 Å². The number of hydrogen-bond acceptors (Lipinski definition) is 7. The summed E-state index contributed by atoms with van der Waals surface area (Å²) in [6.07, 6.45) is 0. The predicted octanol–water partition coefficient (Wildman–Crippen LogP) is 3.10. The number of phenols is 1. The highest BCUT2D eigenvalue weighted by Crippen LogP contribution is 2.35. The Kier molecular flexibility index (Phi) is 4.97. The zero-order valence-corrected chi connectivity index (χ0v) is 17.0. The van der Waals surface area contributed by atoms with Crippen molar-refractivity contribution in [2.45, 2.75) is 33.1 Å². The van der Waals surface area contributed by atoms with Gasteiger partial charge in [-0.1, -0.05) is 25.9 Å². The first kappa shape index (κ1) is 19.6. The van der Waals surface area contributed by atoms with Crippen LogP contribution in [0.1, 0.15) is 31.9 Å². The van der Waals surface area contributed by atoms with E-state index in [1.165, 1.54) is 4.90 Å². The van der Waals surface area contributed by atoms with E-state index in [0.29, 0.717) is 5.69 Å². The first-order valence-corrected chi connectivity index (χ1v) is 8.99. The molecule has 0 fully saturated rings. The number of carbonyl (C=O) groups excluding carboxylic acids is 1. The van der Waals surface area contributed by atoms with Crippen LogP contribution in [-0.4, -0.2) is 51.7 Å². The van der Waals surface area contributed by atoms with Crippen molar-refractivity contribution < 1.29 is 14.3 Å². The second-order valence-corrected chi connectivity index (χ2v) is 8.02. The summed E-state index contributed by atoms with van der Waals surface area (Å²) in [5.41, 5.74) is 3.00. The second-order valence-electron chi connectivity index (χ2n) is 8.02. The van der Waals surface area contributed by atoms with Gasteiger partial charge in [-0.25, -0.2) is 4.98 Å². The second kappa shape index (κ2) is 7.10. The molecule has 3 rings (SSSR count). The molecule has 0 bridgehead atoms. The Morgan fingerprint density at radius 1 is 1.21 bits per heavy atom. The number of rotatable bonds is 4. The highest BCUT2D eigenvalue weighted by Gasteiger charge is 2.21. The number of hydrogen-bond donors (Lipinski definition) is 2. The predicted molar refractivity (Wildman–Crippen MR) is 107 cm³/mol. The number of anilines is 1. The van der Waals surface area contributed by atoms with Crippen molar-refractivity contribution in [3.8, 4) is 17.3 Å².